The van der Waals surface area contributed by atoms with Crippen molar-refractivity contribution in [2.45, 2.75) is 44.9 Å². The predicted octanol–water partition coefficient (Wildman–Crippen LogP) is 5.68. The molecular weight excluding hydrogens is 426 g/mol. The van der Waals surface area contributed by atoms with Gasteiger partial charge in [0, 0.05) is 17.7 Å². The summed E-state index contributed by atoms with van der Waals surface area (Å²) in [6.07, 6.45) is 8.05. The molecule has 1 aromatic heterocycles. The van der Waals surface area contributed by atoms with Gasteiger partial charge in [-0.1, -0.05) is 49.6 Å². The van der Waals surface area contributed by atoms with Crippen LogP contribution in [0.25, 0.3) is 16.9 Å². The van der Waals surface area contributed by atoms with Crippen molar-refractivity contribution in [1.29, 1.82) is 0 Å². The molecule has 4 rings (SSSR count). The summed E-state index contributed by atoms with van der Waals surface area (Å²) in [6.45, 7) is 6.08. The predicted molar refractivity (Wildman–Crippen MR) is 133 cm³/mol. The highest BCUT2D eigenvalue weighted by molar-refractivity contribution is 5.94. The summed E-state index contributed by atoms with van der Waals surface area (Å²) in [4.78, 5) is 24.6. The molecule has 0 saturated heterocycles. The first-order valence-electron chi connectivity index (χ1n) is 12.0. The lowest BCUT2D eigenvalue weighted by atomic mass is 9.84. The Hall–Kier alpha value is -3.67. The van der Waals surface area contributed by atoms with Crippen LogP contribution in [-0.4, -0.2) is 34.8 Å². The SMILES string of the molecule is C=CCNC(=O)c1ccc(-n2nc(C(=O)OCC)cc2-c2ccc(C3CCCCC3)cc2)cc1. The van der Waals surface area contributed by atoms with Gasteiger partial charge in [-0.3, -0.25) is 4.79 Å². The lowest BCUT2D eigenvalue weighted by molar-refractivity contribution is 0.0519. The number of carbonyl (C=O) groups is 2. The first kappa shape index (κ1) is 23.5. The molecule has 0 bridgehead atoms. The highest BCUT2D eigenvalue weighted by atomic mass is 16.5. The van der Waals surface area contributed by atoms with Crippen molar-refractivity contribution in [3.63, 3.8) is 0 Å². The minimum Gasteiger partial charge on any atom is -0.461 e. The molecule has 6 heteroatoms. The van der Waals surface area contributed by atoms with E-state index in [1.54, 1.807) is 35.9 Å². The van der Waals surface area contributed by atoms with Gasteiger partial charge in [0.15, 0.2) is 5.69 Å². The molecule has 1 aliphatic rings. The zero-order valence-corrected chi connectivity index (χ0v) is 19.6. The van der Waals surface area contributed by atoms with Crippen LogP contribution in [0.5, 0.6) is 0 Å². The second-order valence-electron chi connectivity index (χ2n) is 8.55. The van der Waals surface area contributed by atoms with Crippen LogP contribution in [0, 0.1) is 0 Å². The van der Waals surface area contributed by atoms with Crippen LogP contribution in [0.3, 0.4) is 0 Å². The minimum absolute atomic E-state index is 0.169. The molecule has 0 atom stereocenters. The number of ether oxygens (including phenoxy) is 1. The zero-order valence-electron chi connectivity index (χ0n) is 19.6. The van der Waals surface area contributed by atoms with E-state index in [1.807, 2.05) is 12.1 Å². The molecule has 0 aliphatic heterocycles. The molecule has 1 aliphatic carbocycles. The van der Waals surface area contributed by atoms with Crippen molar-refractivity contribution in [3.05, 3.63) is 84.1 Å². The summed E-state index contributed by atoms with van der Waals surface area (Å²) in [5, 5.41) is 7.31. The number of aromatic nitrogens is 2. The molecule has 1 heterocycles. The van der Waals surface area contributed by atoms with Crippen LogP contribution in [0.4, 0.5) is 0 Å². The number of nitrogens with one attached hydrogen (secondary N) is 1. The van der Waals surface area contributed by atoms with Gasteiger partial charge in [-0.25, -0.2) is 9.48 Å². The van der Waals surface area contributed by atoms with Gasteiger partial charge < -0.3 is 10.1 Å². The van der Waals surface area contributed by atoms with Crippen LogP contribution < -0.4 is 5.32 Å². The van der Waals surface area contributed by atoms with Gasteiger partial charge in [0.25, 0.3) is 5.91 Å². The van der Waals surface area contributed by atoms with Crippen molar-refractivity contribution in [1.82, 2.24) is 15.1 Å². The van der Waals surface area contributed by atoms with Crippen LogP contribution in [0.15, 0.2) is 67.3 Å². The van der Waals surface area contributed by atoms with E-state index in [0.29, 0.717) is 18.0 Å². The van der Waals surface area contributed by atoms with Crippen LogP contribution >= 0.6 is 0 Å². The van der Waals surface area contributed by atoms with Crippen molar-refractivity contribution in [3.8, 4) is 16.9 Å². The molecule has 2 aromatic carbocycles. The van der Waals surface area contributed by atoms with Crippen LogP contribution in [0.1, 0.15) is 71.4 Å². The smallest absolute Gasteiger partial charge is 0.358 e. The van der Waals surface area contributed by atoms with Gasteiger partial charge in [0.1, 0.15) is 0 Å². The Kier molecular flexibility index (Phi) is 7.58. The van der Waals surface area contributed by atoms with E-state index in [4.69, 9.17) is 4.74 Å². The number of amides is 1. The fraction of sp³-hybridized carbons (Fsp3) is 0.321. The number of hydrogen-bond acceptors (Lipinski definition) is 4. The Bertz CT molecular complexity index is 1140. The van der Waals surface area contributed by atoms with Gasteiger partial charge >= 0.3 is 5.97 Å². The quantitative estimate of drug-likeness (QED) is 0.349. The van der Waals surface area contributed by atoms with Gasteiger partial charge in [-0.2, -0.15) is 5.10 Å². The summed E-state index contributed by atoms with van der Waals surface area (Å²) in [7, 11) is 0. The number of hydrogen-bond donors (Lipinski definition) is 1. The van der Waals surface area contributed by atoms with Crippen molar-refractivity contribution >= 4 is 11.9 Å². The summed E-state index contributed by atoms with van der Waals surface area (Å²) in [5.41, 5.74) is 4.68. The highest BCUT2D eigenvalue weighted by Gasteiger charge is 2.19. The maximum atomic E-state index is 12.4. The number of rotatable bonds is 8. The zero-order chi connectivity index (χ0) is 23.9. The maximum absolute atomic E-state index is 12.4. The molecule has 176 valence electrons. The topological polar surface area (TPSA) is 73.2 Å². The summed E-state index contributed by atoms with van der Waals surface area (Å²) in [6, 6.07) is 17.5. The first-order valence-corrected chi connectivity index (χ1v) is 12.0. The summed E-state index contributed by atoms with van der Waals surface area (Å²) >= 11 is 0. The largest absolute Gasteiger partial charge is 0.461 e. The van der Waals surface area contributed by atoms with Crippen LogP contribution in [-0.2, 0) is 4.74 Å². The number of nitrogens with zero attached hydrogens (tertiary/aromatic N) is 2. The Morgan fingerprint density at radius 2 is 1.79 bits per heavy atom. The third kappa shape index (κ3) is 5.28. The lowest BCUT2D eigenvalue weighted by Crippen LogP contribution is -2.23. The number of carbonyl (C=O) groups excluding carboxylic acids is 2. The van der Waals surface area contributed by atoms with E-state index >= 15 is 0 Å². The van der Waals surface area contributed by atoms with Crippen molar-refractivity contribution < 1.29 is 14.3 Å². The summed E-state index contributed by atoms with van der Waals surface area (Å²) in [5.74, 6) is 0.00184. The van der Waals surface area contributed by atoms with Crippen molar-refractivity contribution in [2.75, 3.05) is 13.2 Å². The minimum atomic E-state index is -0.457. The Morgan fingerprint density at radius 1 is 1.09 bits per heavy atom. The number of benzene rings is 2. The average Bonchev–Trinajstić information content (AvgIpc) is 3.34. The van der Waals surface area contributed by atoms with Crippen molar-refractivity contribution in [2.24, 2.45) is 0 Å². The molecular formula is C28H31N3O3. The normalized spacial score (nSPS) is 13.9. The third-order valence-corrected chi connectivity index (χ3v) is 6.26. The second kappa shape index (κ2) is 11.0. The van der Waals surface area contributed by atoms with Crippen LogP contribution in [0.2, 0.25) is 0 Å². The van der Waals surface area contributed by atoms with E-state index < -0.39 is 5.97 Å². The van der Waals surface area contributed by atoms with E-state index in [9.17, 15) is 9.59 Å². The maximum Gasteiger partial charge on any atom is 0.358 e. The Labute approximate surface area is 200 Å². The standard InChI is InChI=1S/C28H31N3O3/c1-3-18-29-27(32)23-14-16-24(17-15-23)31-26(19-25(30-31)28(33)34-4-2)22-12-10-21(11-13-22)20-8-6-5-7-9-20/h3,10-17,19-20H,1,4-9,18H2,2H3,(H,29,32). The molecule has 0 spiro atoms. The molecule has 1 fully saturated rings. The molecule has 34 heavy (non-hydrogen) atoms. The summed E-state index contributed by atoms with van der Waals surface area (Å²) < 4.78 is 6.91. The molecule has 6 nitrogen and oxygen atoms in total. The van der Waals surface area contributed by atoms with Gasteiger partial charge in [-0.15, -0.1) is 6.58 Å². The van der Waals surface area contributed by atoms with Gasteiger partial charge in [-0.05, 0) is 61.6 Å². The van der Waals surface area contributed by atoms with E-state index in [1.165, 1.54) is 37.7 Å². The average molecular weight is 458 g/mol. The van der Waals surface area contributed by atoms with E-state index in [0.717, 1.165) is 16.9 Å². The fourth-order valence-electron chi connectivity index (χ4n) is 4.47. The fourth-order valence-corrected chi connectivity index (χ4v) is 4.47. The molecule has 1 saturated carbocycles. The van der Waals surface area contributed by atoms with Gasteiger partial charge in [0.2, 0.25) is 0 Å². The highest BCUT2D eigenvalue weighted by Crippen LogP contribution is 2.34. The molecule has 1 amide bonds. The second-order valence-corrected chi connectivity index (χ2v) is 8.55. The third-order valence-electron chi connectivity index (χ3n) is 6.26. The lowest BCUT2D eigenvalue weighted by Gasteiger charge is -2.22. The Balaban J connectivity index is 1.66. The Morgan fingerprint density at radius 3 is 2.44 bits per heavy atom. The van der Waals surface area contributed by atoms with E-state index in [-0.39, 0.29) is 18.2 Å². The molecule has 0 unspecified atom stereocenters. The first-order chi connectivity index (χ1) is 16.6. The monoisotopic (exact) mass is 457 g/mol. The number of esters is 1. The molecule has 3 aromatic rings. The molecule has 0 radical (unpaired) electrons. The van der Waals surface area contributed by atoms with Gasteiger partial charge in [0.05, 0.1) is 18.0 Å². The molecule has 1 N–H and O–H groups in total. The van der Waals surface area contributed by atoms with E-state index in [2.05, 4.69) is 41.3 Å².